The lowest BCUT2D eigenvalue weighted by atomic mass is 10.1. The highest BCUT2D eigenvalue weighted by Gasteiger charge is 2.34. The largest absolute Gasteiger partial charge is 0.492 e. The number of hydrogen-bond acceptors (Lipinski definition) is 3. The van der Waals surface area contributed by atoms with Gasteiger partial charge in [0.15, 0.2) is 0 Å². The van der Waals surface area contributed by atoms with E-state index in [9.17, 15) is 13.2 Å². The van der Waals surface area contributed by atoms with Crippen LogP contribution in [0.15, 0.2) is 18.2 Å². The molecule has 20 heavy (non-hydrogen) atoms. The van der Waals surface area contributed by atoms with Gasteiger partial charge in [0, 0.05) is 12.2 Å². The molecule has 1 aromatic carbocycles. The van der Waals surface area contributed by atoms with Gasteiger partial charge in [-0.05, 0) is 44.1 Å². The highest BCUT2D eigenvalue weighted by molar-refractivity contribution is 5.49. The van der Waals surface area contributed by atoms with Gasteiger partial charge in [0.2, 0.25) is 0 Å². The molecule has 1 aliphatic heterocycles. The van der Waals surface area contributed by atoms with Crippen LogP contribution in [0.1, 0.15) is 24.8 Å². The topological polar surface area (TPSA) is 38.5 Å². The average Bonchev–Trinajstić information content (AvgIpc) is 2.40. The first-order valence-corrected chi connectivity index (χ1v) is 6.79. The molecule has 0 atom stereocenters. The maximum Gasteiger partial charge on any atom is 0.420 e. The first kappa shape index (κ1) is 15.0. The van der Waals surface area contributed by atoms with E-state index in [1.807, 2.05) is 0 Å². The van der Waals surface area contributed by atoms with Crippen LogP contribution >= 0.6 is 0 Å². The highest BCUT2D eigenvalue weighted by atomic mass is 19.4. The van der Waals surface area contributed by atoms with Crippen molar-refractivity contribution in [2.75, 3.05) is 32.0 Å². The Kier molecular flexibility index (Phi) is 4.75. The van der Waals surface area contributed by atoms with Crippen molar-refractivity contribution in [3.63, 3.8) is 0 Å². The number of nitrogens with two attached hydrogens (primary N) is 1. The van der Waals surface area contributed by atoms with E-state index in [0.29, 0.717) is 6.54 Å². The molecule has 0 spiro atoms. The maximum absolute atomic E-state index is 12.9. The number of hydrogen-bond donors (Lipinski definition) is 1. The summed E-state index contributed by atoms with van der Waals surface area (Å²) >= 11 is 0. The van der Waals surface area contributed by atoms with Crippen LogP contribution in [-0.2, 0) is 6.18 Å². The molecule has 0 bridgehead atoms. The van der Waals surface area contributed by atoms with E-state index in [4.69, 9.17) is 10.5 Å². The molecule has 0 aliphatic carbocycles. The quantitative estimate of drug-likeness (QED) is 0.865. The summed E-state index contributed by atoms with van der Waals surface area (Å²) in [6.45, 7) is 2.91. The van der Waals surface area contributed by atoms with E-state index in [0.717, 1.165) is 32.0 Å². The van der Waals surface area contributed by atoms with Gasteiger partial charge >= 0.3 is 6.18 Å². The number of alkyl halides is 3. The average molecular weight is 288 g/mol. The fourth-order valence-electron chi connectivity index (χ4n) is 2.36. The van der Waals surface area contributed by atoms with Crippen LogP contribution in [-0.4, -0.2) is 31.1 Å². The van der Waals surface area contributed by atoms with Crippen molar-refractivity contribution in [1.29, 1.82) is 0 Å². The maximum atomic E-state index is 12.9. The molecule has 0 radical (unpaired) electrons. The molecule has 2 rings (SSSR count). The first-order chi connectivity index (χ1) is 9.47. The summed E-state index contributed by atoms with van der Waals surface area (Å²) in [5, 5.41) is 0. The molecular formula is C14H19F3N2O. The lowest BCUT2D eigenvalue weighted by molar-refractivity contribution is -0.138. The minimum absolute atomic E-state index is 0.0840. The summed E-state index contributed by atoms with van der Waals surface area (Å²) in [5.41, 5.74) is 4.68. The van der Waals surface area contributed by atoms with E-state index < -0.39 is 11.7 Å². The monoisotopic (exact) mass is 288 g/mol. The lowest BCUT2D eigenvalue weighted by Gasteiger charge is -2.26. The number of benzene rings is 1. The Morgan fingerprint density at radius 2 is 1.85 bits per heavy atom. The second-order valence-corrected chi connectivity index (χ2v) is 5.00. The Hall–Kier alpha value is -1.43. The summed E-state index contributed by atoms with van der Waals surface area (Å²) in [6, 6.07) is 3.62. The van der Waals surface area contributed by atoms with Crippen molar-refractivity contribution < 1.29 is 17.9 Å². The van der Waals surface area contributed by atoms with Gasteiger partial charge in [0.25, 0.3) is 0 Å². The Balaban J connectivity index is 1.95. The molecular weight excluding hydrogens is 269 g/mol. The number of rotatable bonds is 4. The summed E-state index contributed by atoms with van der Waals surface area (Å²) in [5.74, 6) is -0.149. The zero-order chi connectivity index (χ0) is 14.6. The third-order valence-corrected chi connectivity index (χ3v) is 3.42. The number of halogens is 3. The van der Waals surface area contributed by atoms with Crippen molar-refractivity contribution in [2.45, 2.75) is 25.4 Å². The number of anilines is 1. The molecule has 1 fully saturated rings. The zero-order valence-corrected chi connectivity index (χ0v) is 11.2. The molecule has 6 heteroatoms. The molecule has 0 amide bonds. The molecule has 0 saturated carbocycles. The van der Waals surface area contributed by atoms with Crippen LogP contribution in [0, 0.1) is 0 Å². The first-order valence-electron chi connectivity index (χ1n) is 6.79. The summed E-state index contributed by atoms with van der Waals surface area (Å²) in [6.07, 6.45) is -0.922. The van der Waals surface area contributed by atoms with Crippen LogP contribution < -0.4 is 10.5 Å². The van der Waals surface area contributed by atoms with Crippen molar-refractivity contribution in [1.82, 2.24) is 4.90 Å². The van der Waals surface area contributed by atoms with E-state index in [1.54, 1.807) is 0 Å². The van der Waals surface area contributed by atoms with Crippen molar-refractivity contribution >= 4 is 5.69 Å². The number of likely N-dealkylation sites (tertiary alicyclic amines) is 1. The minimum atomic E-state index is -4.45. The molecule has 1 saturated heterocycles. The second kappa shape index (κ2) is 6.35. The molecule has 1 heterocycles. The molecule has 0 unspecified atom stereocenters. The fourth-order valence-corrected chi connectivity index (χ4v) is 2.36. The van der Waals surface area contributed by atoms with E-state index in [2.05, 4.69) is 4.90 Å². The van der Waals surface area contributed by atoms with Crippen molar-refractivity contribution in [2.24, 2.45) is 0 Å². The zero-order valence-electron chi connectivity index (χ0n) is 11.2. The van der Waals surface area contributed by atoms with Crippen LogP contribution in [0.4, 0.5) is 18.9 Å². The van der Waals surface area contributed by atoms with E-state index in [-0.39, 0.29) is 18.0 Å². The van der Waals surface area contributed by atoms with Gasteiger partial charge in [-0.1, -0.05) is 6.42 Å². The normalized spacial score (nSPS) is 17.1. The number of nitrogen functional groups attached to an aromatic ring is 1. The molecule has 1 aromatic rings. The highest BCUT2D eigenvalue weighted by Crippen LogP contribution is 2.37. The van der Waals surface area contributed by atoms with Gasteiger partial charge in [-0.25, -0.2) is 0 Å². The van der Waals surface area contributed by atoms with Gasteiger partial charge < -0.3 is 10.5 Å². The van der Waals surface area contributed by atoms with Crippen molar-refractivity contribution in [3.05, 3.63) is 23.8 Å². The van der Waals surface area contributed by atoms with Crippen LogP contribution in [0.3, 0.4) is 0 Å². The van der Waals surface area contributed by atoms with Crippen LogP contribution in [0.5, 0.6) is 5.75 Å². The fraction of sp³-hybridized carbons (Fsp3) is 0.571. The third-order valence-electron chi connectivity index (χ3n) is 3.42. The standard InChI is InChI=1S/C14H19F3N2O/c15-14(16,17)12-10-11(18)4-5-13(12)20-9-8-19-6-2-1-3-7-19/h4-5,10H,1-3,6-9,18H2. The minimum Gasteiger partial charge on any atom is -0.492 e. The number of piperidine rings is 1. The molecule has 3 nitrogen and oxygen atoms in total. The molecule has 1 aliphatic rings. The summed E-state index contributed by atoms with van der Waals surface area (Å²) < 4.78 is 43.9. The van der Waals surface area contributed by atoms with Gasteiger partial charge in [0.1, 0.15) is 12.4 Å². The third kappa shape index (κ3) is 4.03. The van der Waals surface area contributed by atoms with Crippen LogP contribution in [0.2, 0.25) is 0 Å². The molecule has 2 N–H and O–H groups in total. The number of ether oxygens (including phenoxy) is 1. The number of nitrogens with zero attached hydrogens (tertiary/aromatic N) is 1. The van der Waals surface area contributed by atoms with Crippen LogP contribution in [0.25, 0.3) is 0 Å². The van der Waals surface area contributed by atoms with Gasteiger partial charge in [-0.15, -0.1) is 0 Å². The Bertz CT molecular complexity index is 443. The summed E-state index contributed by atoms with van der Waals surface area (Å²) in [7, 11) is 0. The smallest absolute Gasteiger partial charge is 0.420 e. The predicted molar refractivity (Wildman–Crippen MR) is 71.6 cm³/mol. The van der Waals surface area contributed by atoms with Crippen molar-refractivity contribution in [3.8, 4) is 5.75 Å². The second-order valence-electron chi connectivity index (χ2n) is 5.00. The SMILES string of the molecule is Nc1ccc(OCCN2CCCCC2)c(C(F)(F)F)c1. The Labute approximate surface area is 116 Å². The molecule has 112 valence electrons. The lowest BCUT2D eigenvalue weighted by Crippen LogP contribution is -2.33. The van der Waals surface area contributed by atoms with E-state index >= 15 is 0 Å². The van der Waals surface area contributed by atoms with E-state index in [1.165, 1.54) is 18.6 Å². The molecule has 0 aromatic heterocycles. The predicted octanol–water partition coefficient (Wildman–Crippen LogP) is 3.15. The Morgan fingerprint density at radius 1 is 1.15 bits per heavy atom. The van der Waals surface area contributed by atoms with Gasteiger partial charge in [0.05, 0.1) is 5.56 Å². The summed E-state index contributed by atoms with van der Waals surface area (Å²) in [4.78, 5) is 2.22. The Morgan fingerprint density at radius 3 is 2.50 bits per heavy atom. The van der Waals surface area contributed by atoms with Gasteiger partial charge in [-0.3, -0.25) is 4.90 Å². The van der Waals surface area contributed by atoms with Gasteiger partial charge in [-0.2, -0.15) is 13.2 Å².